The molecular weight excluding hydrogens is 284 g/mol. The molecule has 0 aliphatic carbocycles. The number of benzene rings is 1. The highest BCUT2D eigenvalue weighted by atomic mass is 35.5. The molecule has 0 bridgehead atoms. The van der Waals surface area contributed by atoms with E-state index in [2.05, 4.69) is 10.9 Å². The van der Waals surface area contributed by atoms with Gasteiger partial charge in [0.15, 0.2) is 0 Å². The molecule has 0 unspecified atom stereocenters. The van der Waals surface area contributed by atoms with Gasteiger partial charge in [0.1, 0.15) is 0 Å². The van der Waals surface area contributed by atoms with Crippen LogP contribution in [0.4, 0.5) is 0 Å². The van der Waals surface area contributed by atoms with E-state index < -0.39 is 18.1 Å². The molecule has 0 aliphatic heterocycles. The van der Waals surface area contributed by atoms with Gasteiger partial charge in [0.05, 0.1) is 0 Å². The molecule has 0 saturated carbocycles. The molecule has 2 amide bonds. The van der Waals surface area contributed by atoms with Gasteiger partial charge in [-0.2, -0.15) is 0 Å². The highest BCUT2D eigenvalue weighted by Gasteiger charge is 2.19. The summed E-state index contributed by atoms with van der Waals surface area (Å²) in [5, 5.41) is 0.526. The second kappa shape index (κ2) is 8.52. The number of hydrazine groups is 1. The van der Waals surface area contributed by atoms with Gasteiger partial charge in [-0.3, -0.25) is 20.4 Å². The molecule has 1 rings (SSSR count). The molecule has 0 aromatic heterocycles. The summed E-state index contributed by atoms with van der Waals surface area (Å²) in [4.78, 5) is 23.5. The third-order valence-corrected chi connectivity index (χ3v) is 2.51. The van der Waals surface area contributed by atoms with Crippen molar-refractivity contribution in [3.8, 4) is 0 Å². The number of halogens is 1. The maximum Gasteiger partial charge on any atom is 0.295 e. The van der Waals surface area contributed by atoms with Crippen LogP contribution in [0.2, 0.25) is 5.02 Å². The van der Waals surface area contributed by atoms with Crippen molar-refractivity contribution in [3.63, 3.8) is 0 Å². The van der Waals surface area contributed by atoms with Crippen LogP contribution in [-0.2, 0) is 14.3 Å². The lowest BCUT2D eigenvalue weighted by atomic mass is 10.2. The van der Waals surface area contributed by atoms with E-state index in [-0.39, 0.29) is 0 Å². The molecule has 0 radical (unpaired) electrons. The molecule has 0 fully saturated rings. The SMILES string of the molecule is CCOC(OCC)C(=O)NNC(=O)c1ccc(Cl)cc1. The van der Waals surface area contributed by atoms with Crippen LogP contribution in [0.1, 0.15) is 24.2 Å². The maximum atomic E-state index is 11.7. The van der Waals surface area contributed by atoms with E-state index in [9.17, 15) is 9.59 Å². The van der Waals surface area contributed by atoms with Crippen molar-refractivity contribution in [1.29, 1.82) is 0 Å². The highest BCUT2D eigenvalue weighted by Crippen LogP contribution is 2.09. The summed E-state index contributed by atoms with van der Waals surface area (Å²) in [6.07, 6.45) is -1.05. The molecule has 2 N–H and O–H groups in total. The molecule has 6 nitrogen and oxygen atoms in total. The Balaban J connectivity index is 2.50. The summed E-state index contributed by atoms with van der Waals surface area (Å²) < 4.78 is 10.2. The first-order valence-corrected chi connectivity index (χ1v) is 6.55. The minimum Gasteiger partial charge on any atom is -0.345 e. The molecule has 1 aromatic carbocycles. The number of carbonyl (C=O) groups is 2. The smallest absolute Gasteiger partial charge is 0.295 e. The lowest BCUT2D eigenvalue weighted by Gasteiger charge is -2.16. The Bertz CT molecular complexity index is 444. The lowest BCUT2D eigenvalue weighted by molar-refractivity contribution is -0.170. The molecule has 20 heavy (non-hydrogen) atoms. The van der Waals surface area contributed by atoms with Gasteiger partial charge in [-0.05, 0) is 38.1 Å². The summed E-state index contributed by atoms with van der Waals surface area (Å²) in [5.74, 6) is -1.03. The Morgan fingerprint density at radius 2 is 1.65 bits per heavy atom. The largest absolute Gasteiger partial charge is 0.345 e. The van der Waals surface area contributed by atoms with Gasteiger partial charge in [0.25, 0.3) is 11.8 Å². The predicted octanol–water partition coefficient (Wildman–Crippen LogP) is 1.50. The van der Waals surface area contributed by atoms with Crippen molar-refractivity contribution < 1.29 is 19.1 Å². The van der Waals surface area contributed by atoms with E-state index in [0.717, 1.165) is 0 Å². The van der Waals surface area contributed by atoms with Crippen molar-refractivity contribution in [2.24, 2.45) is 0 Å². The molecule has 0 atom stereocenters. The quantitative estimate of drug-likeness (QED) is 0.616. The van der Waals surface area contributed by atoms with Crippen molar-refractivity contribution in [2.75, 3.05) is 13.2 Å². The van der Waals surface area contributed by atoms with Crippen LogP contribution < -0.4 is 10.9 Å². The third-order valence-electron chi connectivity index (χ3n) is 2.26. The van der Waals surface area contributed by atoms with Gasteiger partial charge in [-0.1, -0.05) is 11.6 Å². The minimum absolute atomic E-state index is 0.323. The van der Waals surface area contributed by atoms with Crippen molar-refractivity contribution in [1.82, 2.24) is 10.9 Å². The van der Waals surface area contributed by atoms with E-state index in [4.69, 9.17) is 21.1 Å². The second-order valence-electron chi connectivity index (χ2n) is 3.69. The summed E-state index contributed by atoms with van der Waals surface area (Å²) >= 11 is 5.72. The standard InChI is InChI=1S/C13H17ClN2O4/c1-3-19-13(20-4-2)12(18)16-15-11(17)9-5-7-10(14)8-6-9/h5-8,13H,3-4H2,1-2H3,(H,15,17)(H,16,18). The van der Waals surface area contributed by atoms with E-state index in [1.165, 1.54) is 0 Å². The van der Waals surface area contributed by atoms with Crippen molar-refractivity contribution >= 4 is 23.4 Å². The van der Waals surface area contributed by atoms with Gasteiger partial charge in [0.2, 0.25) is 6.29 Å². The van der Waals surface area contributed by atoms with Gasteiger partial charge in [-0.15, -0.1) is 0 Å². The number of rotatable bonds is 6. The molecule has 110 valence electrons. The fraction of sp³-hybridized carbons (Fsp3) is 0.385. The van der Waals surface area contributed by atoms with E-state index in [1.807, 2.05) is 0 Å². The maximum absolute atomic E-state index is 11.7. The van der Waals surface area contributed by atoms with Crippen LogP contribution in [0.15, 0.2) is 24.3 Å². The summed E-state index contributed by atoms with van der Waals surface area (Å²) in [7, 11) is 0. The number of nitrogens with one attached hydrogen (secondary N) is 2. The fourth-order valence-corrected chi connectivity index (χ4v) is 1.48. The highest BCUT2D eigenvalue weighted by molar-refractivity contribution is 6.30. The number of amides is 2. The Kier molecular flexibility index (Phi) is 7.00. The average molecular weight is 301 g/mol. The summed E-state index contributed by atoms with van der Waals surface area (Å²) in [6, 6.07) is 6.27. The van der Waals surface area contributed by atoms with Gasteiger partial charge < -0.3 is 9.47 Å². The van der Waals surface area contributed by atoms with Crippen LogP contribution in [0.25, 0.3) is 0 Å². The monoisotopic (exact) mass is 300 g/mol. The first kappa shape index (κ1) is 16.4. The first-order chi connectivity index (χ1) is 9.58. The van der Waals surface area contributed by atoms with Gasteiger partial charge >= 0.3 is 0 Å². The molecule has 0 aliphatic rings. The number of ether oxygens (including phenoxy) is 2. The normalized spacial score (nSPS) is 10.4. The Labute approximate surface area is 122 Å². The zero-order valence-electron chi connectivity index (χ0n) is 11.3. The van der Waals surface area contributed by atoms with Crippen LogP contribution in [-0.4, -0.2) is 31.3 Å². The zero-order valence-corrected chi connectivity index (χ0v) is 12.1. The van der Waals surface area contributed by atoms with Crippen molar-refractivity contribution in [2.45, 2.75) is 20.1 Å². The predicted molar refractivity (Wildman–Crippen MR) is 74.1 cm³/mol. The Hall–Kier alpha value is -1.63. The third kappa shape index (κ3) is 5.16. The van der Waals surface area contributed by atoms with E-state index >= 15 is 0 Å². The molecule has 0 saturated heterocycles. The fourth-order valence-electron chi connectivity index (χ4n) is 1.35. The zero-order chi connectivity index (χ0) is 15.0. The summed E-state index contributed by atoms with van der Waals surface area (Å²) in [5.41, 5.74) is 4.89. The minimum atomic E-state index is -1.05. The first-order valence-electron chi connectivity index (χ1n) is 6.17. The van der Waals surface area contributed by atoms with E-state index in [0.29, 0.717) is 23.8 Å². The van der Waals surface area contributed by atoms with Gasteiger partial charge in [0, 0.05) is 23.8 Å². The van der Waals surface area contributed by atoms with Gasteiger partial charge in [-0.25, -0.2) is 0 Å². The topological polar surface area (TPSA) is 76.7 Å². The average Bonchev–Trinajstić information content (AvgIpc) is 2.45. The van der Waals surface area contributed by atoms with E-state index in [1.54, 1.807) is 38.1 Å². The number of carbonyl (C=O) groups excluding carboxylic acids is 2. The number of hydrogen-bond donors (Lipinski definition) is 2. The van der Waals surface area contributed by atoms with Crippen LogP contribution in [0.3, 0.4) is 0 Å². The summed E-state index contributed by atoms with van der Waals surface area (Å²) in [6.45, 7) is 4.13. The number of hydrogen-bond acceptors (Lipinski definition) is 4. The molecular formula is C13H17ClN2O4. The molecule has 0 spiro atoms. The van der Waals surface area contributed by atoms with Crippen LogP contribution >= 0.6 is 11.6 Å². The molecule has 1 aromatic rings. The molecule has 7 heteroatoms. The van der Waals surface area contributed by atoms with Crippen LogP contribution in [0.5, 0.6) is 0 Å². The van der Waals surface area contributed by atoms with Crippen molar-refractivity contribution in [3.05, 3.63) is 34.9 Å². The second-order valence-corrected chi connectivity index (χ2v) is 4.13. The molecule has 0 heterocycles. The van der Waals surface area contributed by atoms with Crippen LogP contribution in [0, 0.1) is 0 Å². The Morgan fingerprint density at radius 3 is 2.15 bits per heavy atom. The lowest BCUT2D eigenvalue weighted by Crippen LogP contribution is -2.48. The Morgan fingerprint density at radius 1 is 1.10 bits per heavy atom.